The Morgan fingerprint density at radius 2 is 1.92 bits per heavy atom. The maximum Gasteiger partial charge on any atom is 0.0568 e. The molecule has 0 saturated heterocycles. The Morgan fingerprint density at radius 3 is 2.46 bits per heavy atom. The summed E-state index contributed by atoms with van der Waals surface area (Å²) in [6.45, 7) is 5.27. The van der Waals surface area contributed by atoms with Gasteiger partial charge in [0.1, 0.15) is 0 Å². The van der Waals surface area contributed by atoms with Crippen LogP contribution < -0.4 is 16.8 Å². The van der Waals surface area contributed by atoms with Crippen molar-refractivity contribution in [3.05, 3.63) is 18.2 Å². The molecule has 0 aliphatic carbocycles. The Hall–Kier alpha value is -1.38. The fraction of sp³-hybridized carbons (Fsp3) is 0.400. The predicted molar refractivity (Wildman–Crippen MR) is 58.6 cm³/mol. The van der Waals surface area contributed by atoms with Crippen LogP contribution in [-0.2, 0) is 0 Å². The predicted octanol–water partition coefficient (Wildman–Crippen LogP) is 1.92. The van der Waals surface area contributed by atoms with Gasteiger partial charge in [0.05, 0.1) is 11.4 Å². The second kappa shape index (κ2) is 4.03. The molecule has 72 valence electrons. The lowest BCUT2D eigenvalue weighted by Gasteiger charge is -2.10. The van der Waals surface area contributed by atoms with Crippen molar-refractivity contribution >= 4 is 17.1 Å². The molecule has 1 aromatic carbocycles. The Labute approximate surface area is 79.1 Å². The maximum absolute atomic E-state index is 5.66. The highest BCUT2D eigenvalue weighted by Crippen LogP contribution is 2.19. The molecule has 0 aliphatic rings. The van der Waals surface area contributed by atoms with E-state index in [0.29, 0.717) is 17.3 Å². The quantitative estimate of drug-likeness (QED) is 0.621. The summed E-state index contributed by atoms with van der Waals surface area (Å²) >= 11 is 0. The Morgan fingerprint density at radius 1 is 1.23 bits per heavy atom. The van der Waals surface area contributed by atoms with Crippen molar-refractivity contribution < 1.29 is 0 Å². The number of hydrogen-bond donors (Lipinski definition) is 3. The van der Waals surface area contributed by atoms with Crippen LogP contribution in [0.4, 0.5) is 17.1 Å². The lowest BCUT2D eigenvalue weighted by Crippen LogP contribution is -2.08. The number of hydrogen-bond acceptors (Lipinski definition) is 3. The van der Waals surface area contributed by atoms with Crippen molar-refractivity contribution in [3.63, 3.8) is 0 Å². The molecule has 1 aromatic rings. The lowest BCUT2D eigenvalue weighted by molar-refractivity contribution is 0.689. The van der Waals surface area contributed by atoms with Gasteiger partial charge in [-0.05, 0) is 24.1 Å². The molecule has 0 atom stereocenters. The molecule has 0 bridgehead atoms. The molecule has 0 fully saturated rings. The van der Waals surface area contributed by atoms with Crippen LogP contribution in [0.15, 0.2) is 18.2 Å². The average molecular weight is 179 g/mol. The molecule has 5 N–H and O–H groups in total. The van der Waals surface area contributed by atoms with Gasteiger partial charge in [0.15, 0.2) is 0 Å². The highest BCUT2D eigenvalue weighted by Gasteiger charge is 1.97. The first-order valence-corrected chi connectivity index (χ1v) is 4.48. The molecule has 0 heterocycles. The Balaban J connectivity index is 2.63. The molecule has 0 saturated carbocycles. The zero-order valence-electron chi connectivity index (χ0n) is 8.17. The van der Waals surface area contributed by atoms with Crippen LogP contribution in [0.5, 0.6) is 0 Å². The molecule has 13 heavy (non-hydrogen) atoms. The van der Waals surface area contributed by atoms with Gasteiger partial charge in [0, 0.05) is 12.2 Å². The summed E-state index contributed by atoms with van der Waals surface area (Å²) in [6.07, 6.45) is 0. The standard InChI is InChI=1S/C10H17N3/c1-7(2)6-13-8-3-4-9(11)10(12)5-8/h3-5,7,13H,6,11-12H2,1-2H3. The van der Waals surface area contributed by atoms with E-state index < -0.39 is 0 Å². The number of nitrogens with two attached hydrogens (primary N) is 2. The summed E-state index contributed by atoms with van der Waals surface area (Å²) in [5.41, 5.74) is 13.5. The zero-order chi connectivity index (χ0) is 9.84. The molecule has 0 unspecified atom stereocenters. The van der Waals surface area contributed by atoms with Crippen molar-refractivity contribution in [3.8, 4) is 0 Å². The summed E-state index contributed by atoms with van der Waals surface area (Å²) in [6, 6.07) is 5.61. The minimum atomic E-state index is 0.624. The smallest absolute Gasteiger partial charge is 0.0568 e. The van der Waals surface area contributed by atoms with Gasteiger partial charge >= 0.3 is 0 Å². The van der Waals surface area contributed by atoms with E-state index in [-0.39, 0.29) is 0 Å². The molecule has 3 heteroatoms. The van der Waals surface area contributed by atoms with Gasteiger partial charge in [-0.2, -0.15) is 0 Å². The third-order valence-electron chi connectivity index (χ3n) is 1.80. The van der Waals surface area contributed by atoms with Crippen molar-refractivity contribution in [1.82, 2.24) is 0 Å². The number of nitrogen functional groups attached to an aromatic ring is 2. The second-order valence-electron chi connectivity index (χ2n) is 3.62. The van der Waals surface area contributed by atoms with Gasteiger partial charge in [-0.15, -0.1) is 0 Å². The monoisotopic (exact) mass is 179 g/mol. The molecule has 0 aliphatic heterocycles. The van der Waals surface area contributed by atoms with Crippen LogP contribution in [0.1, 0.15) is 13.8 Å². The topological polar surface area (TPSA) is 64.1 Å². The Kier molecular flexibility index (Phi) is 3.01. The summed E-state index contributed by atoms with van der Waals surface area (Å²) in [5.74, 6) is 0.624. The largest absolute Gasteiger partial charge is 0.397 e. The highest BCUT2D eigenvalue weighted by molar-refractivity contribution is 5.69. The molecular formula is C10H17N3. The molecule has 0 radical (unpaired) electrons. The minimum absolute atomic E-state index is 0.624. The van der Waals surface area contributed by atoms with E-state index in [1.54, 1.807) is 0 Å². The highest BCUT2D eigenvalue weighted by atomic mass is 14.9. The van der Waals surface area contributed by atoms with Crippen LogP contribution in [0.3, 0.4) is 0 Å². The Bertz CT molecular complexity index is 281. The van der Waals surface area contributed by atoms with Crippen molar-refractivity contribution in [2.24, 2.45) is 5.92 Å². The third-order valence-corrected chi connectivity index (χ3v) is 1.80. The number of rotatable bonds is 3. The van der Waals surface area contributed by atoms with Gasteiger partial charge in [-0.1, -0.05) is 13.8 Å². The first-order chi connectivity index (χ1) is 6.09. The second-order valence-corrected chi connectivity index (χ2v) is 3.62. The van der Waals surface area contributed by atoms with Crippen molar-refractivity contribution in [1.29, 1.82) is 0 Å². The molecular weight excluding hydrogens is 162 g/mol. The summed E-state index contributed by atoms with van der Waals surface area (Å²) in [7, 11) is 0. The van der Waals surface area contributed by atoms with Gasteiger partial charge in [0.25, 0.3) is 0 Å². The molecule has 3 nitrogen and oxygen atoms in total. The normalized spacial score (nSPS) is 10.4. The average Bonchev–Trinajstić information content (AvgIpc) is 2.07. The van der Waals surface area contributed by atoms with E-state index in [2.05, 4.69) is 19.2 Å². The molecule has 0 aromatic heterocycles. The third kappa shape index (κ3) is 2.86. The van der Waals surface area contributed by atoms with Gasteiger partial charge < -0.3 is 16.8 Å². The molecule has 1 rings (SSSR count). The van der Waals surface area contributed by atoms with Crippen molar-refractivity contribution in [2.75, 3.05) is 23.3 Å². The lowest BCUT2D eigenvalue weighted by atomic mass is 10.2. The maximum atomic E-state index is 5.66. The number of anilines is 3. The minimum Gasteiger partial charge on any atom is -0.397 e. The summed E-state index contributed by atoms with van der Waals surface area (Å²) in [4.78, 5) is 0. The van der Waals surface area contributed by atoms with Crippen molar-refractivity contribution in [2.45, 2.75) is 13.8 Å². The summed E-state index contributed by atoms with van der Waals surface area (Å²) < 4.78 is 0. The van der Waals surface area contributed by atoms with Crippen LogP contribution >= 0.6 is 0 Å². The van der Waals surface area contributed by atoms with Crippen LogP contribution in [0.2, 0.25) is 0 Å². The van der Waals surface area contributed by atoms with E-state index in [4.69, 9.17) is 11.5 Å². The SMILES string of the molecule is CC(C)CNc1ccc(N)c(N)c1. The van der Waals surface area contributed by atoms with E-state index in [1.165, 1.54) is 0 Å². The van der Waals surface area contributed by atoms with Crippen LogP contribution in [-0.4, -0.2) is 6.54 Å². The fourth-order valence-electron chi connectivity index (χ4n) is 1.01. The first kappa shape index (κ1) is 9.71. The van der Waals surface area contributed by atoms with Gasteiger partial charge in [-0.3, -0.25) is 0 Å². The molecule has 0 spiro atoms. The summed E-state index contributed by atoms with van der Waals surface area (Å²) in [5, 5.41) is 3.28. The van der Waals surface area contributed by atoms with Gasteiger partial charge in [0.2, 0.25) is 0 Å². The number of nitrogens with one attached hydrogen (secondary N) is 1. The van der Waals surface area contributed by atoms with Crippen LogP contribution in [0, 0.1) is 5.92 Å². The number of benzene rings is 1. The zero-order valence-corrected chi connectivity index (χ0v) is 8.17. The van der Waals surface area contributed by atoms with E-state index in [1.807, 2.05) is 18.2 Å². The molecule has 0 amide bonds. The van der Waals surface area contributed by atoms with E-state index in [0.717, 1.165) is 12.2 Å². The van der Waals surface area contributed by atoms with Gasteiger partial charge in [-0.25, -0.2) is 0 Å². The van der Waals surface area contributed by atoms with E-state index >= 15 is 0 Å². The van der Waals surface area contributed by atoms with Crippen LogP contribution in [0.25, 0.3) is 0 Å². The first-order valence-electron chi connectivity index (χ1n) is 4.48. The van der Waals surface area contributed by atoms with E-state index in [9.17, 15) is 0 Å². The fourth-order valence-corrected chi connectivity index (χ4v) is 1.01.